The topological polar surface area (TPSA) is 51.0 Å². The lowest BCUT2D eigenvalue weighted by Gasteiger charge is -2.24. The SMILES string of the molecule is C1=CC(c2ccc(-c3cc(-c4ccc(-c5ccccn5)cc4)nc(-c4cc(-c5cccc6c5CCC=C6)cc(C5CC=Cc6ccccc65)c4)n3)cc2)=NCC1. The van der Waals surface area contributed by atoms with Gasteiger partial charge in [-0.3, -0.25) is 9.98 Å². The molecule has 0 fully saturated rings. The summed E-state index contributed by atoms with van der Waals surface area (Å²) in [6.45, 7) is 0.831. The normalized spacial score (nSPS) is 15.6. The third-order valence-corrected chi connectivity index (χ3v) is 11.2. The van der Waals surface area contributed by atoms with E-state index in [9.17, 15) is 0 Å². The molecule has 10 rings (SSSR count). The number of aromatic nitrogens is 3. The number of nitrogens with zero attached hydrogens (tertiary/aromatic N) is 4. The molecular formula is C52H40N4. The monoisotopic (exact) mass is 720 g/mol. The molecule has 56 heavy (non-hydrogen) atoms. The van der Waals surface area contributed by atoms with E-state index in [0.717, 1.165) is 82.8 Å². The molecule has 4 heteroatoms. The zero-order chi connectivity index (χ0) is 37.3. The van der Waals surface area contributed by atoms with Crippen molar-refractivity contribution >= 4 is 17.9 Å². The zero-order valence-electron chi connectivity index (χ0n) is 31.1. The first kappa shape index (κ1) is 33.8. The quantitative estimate of drug-likeness (QED) is 0.165. The molecule has 1 aliphatic heterocycles. The second-order valence-electron chi connectivity index (χ2n) is 14.8. The molecule has 0 saturated carbocycles. The molecule has 268 valence electrons. The smallest absolute Gasteiger partial charge is 0.160 e. The van der Waals surface area contributed by atoms with Crippen LogP contribution in [-0.2, 0) is 6.42 Å². The molecule has 0 N–H and O–H groups in total. The Morgan fingerprint density at radius 2 is 1.20 bits per heavy atom. The number of aliphatic imine (C=N–C) groups is 1. The number of dihydropyridines is 1. The Kier molecular flexibility index (Phi) is 8.93. The molecule has 3 aliphatic rings. The lowest BCUT2D eigenvalue weighted by molar-refractivity contribution is 0.820. The van der Waals surface area contributed by atoms with Crippen LogP contribution in [0.15, 0.2) is 169 Å². The van der Waals surface area contributed by atoms with Crippen molar-refractivity contribution in [3.63, 3.8) is 0 Å². The van der Waals surface area contributed by atoms with Crippen molar-refractivity contribution in [2.24, 2.45) is 4.99 Å². The van der Waals surface area contributed by atoms with Gasteiger partial charge in [-0.15, -0.1) is 0 Å². The van der Waals surface area contributed by atoms with Crippen molar-refractivity contribution in [2.75, 3.05) is 6.54 Å². The Balaban J connectivity index is 1.14. The van der Waals surface area contributed by atoms with E-state index >= 15 is 0 Å². The highest BCUT2D eigenvalue weighted by atomic mass is 14.9. The molecule has 0 amide bonds. The average molecular weight is 721 g/mol. The largest absolute Gasteiger partial charge is 0.284 e. The summed E-state index contributed by atoms with van der Waals surface area (Å²) in [6.07, 6.45) is 19.3. The molecule has 0 bridgehead atoms. The maximum Gasteiger partial charge on any atom is 0.160 e. The van der Waals surface area contributed by atoms with Crippen LogP contribution in [0, 0.1) is 0 Å². The summed E-state index contributed by atoms with van der Waals surface area (Å²) in [5, 5.41) is 0. The van der Waals surface area contributed by atoms with E-state index in [1.54, 1.807) is 0 Å². The van der Waals surface area contributed by atoms with Crippen molar-refractivity contribution in [2.45, 2.75) is 31.6 Å². The third-order valence-electron chi connectivity index (χ3n) is 11.2. The average Bonchev–Trinajstić information content (AvgIpc) is 3.29. The summed E-state index contributed by atoms with van der Waals surface area (Å²) in [7, 11) is 0. The van der Waals surface area contributed by atoms with Crippen molar-refractivity contribution in [3.8, 4) is 56.3 Å². The van der Waals surface area contributed by atoms with Crippen molar-refractivity contribution in [3.05, 3.63) is 197 Å². The van der Waals surface area contributed by atoms with Gasteiger partial charge in [-0.2, -0.15) is 0 Å². The molecule has 7 aromatic rings. The number of fused-ring (bicyclic) bond motifs is 2. The summed E-state index contributed by atoms with van der Waals surface area (Å²) in [5.74, 6) is 0.933. The van der Waals surface area contributed by atoms with Gasteiger partial charge in [0.15, 0.2) is 5.82 Å². The minimum atomic E-state index is 0.223. The van der Waals surface area contributed by atoms with Crippen LogP contribution in [0.2, 0.25) is 0 Å². The second-order valence-corrected chi connectivity index (χ2v) is 14.8. The number of pyridine rings is 1. The lowest BCUT2D eigenvalue weighted by atomic mass is 9.80. The van der Waals surface area contributed by atoms with E-state index in [-0.39, 0.29) is 5.92 Å². The van der Waals surface area contributed by atoms with E-state index in [0.29, 0.717) is 5.82 Å². The lowest BCUT2D eigenvalue weighted by Crippen LogP contribution is -2.07. The molecule has 3 heterocycles. The molecule has 1 unspecified atom stereocenters. The Hall–Kier alpha value is -6.78. The molecular weight excluding hydrogens is 681 g/mol. The van der Waals surface area contributed by atoms with Gasteiger partial charge >= 0.3 is 0 Å². The summed E-state index contributed by atoms with van der Waals surface area (Å²) >= 11 is 0. The van der Waals surface area contributed by atoms with Gasteiger partial charge in [0.25, 0.3) is 0 Å². The first-order chi connectivity index (χ1) is 27.7. The van der Waals surface area contributed by atoms with Gasteiger partial charge < -0.3 is 0 Å². The molecule has 2 aromatic heterocycles. The van der Waals surface area contributed by atoms with E-state index in [1.165, 1.54) is 38.9 Å². The van der Waals surface area contributed by atoms with Crippen LogP contribution in [0.3, 0.4) is 0 Å². The predicted octanol–water partition coefficient (Wildman–Crippen LogP) is 12.5. The Bertz CT molecular complexity index is 2700. The van der Waals surface area contributed by atoms with Gasteiger partial charge in [-0.05, 0) is 107 Å². The Labute approximate surface area is 328 Å². The van der Waals surface area contributed by atoms with Crippen LogP contribution in [0.25, 0.3) is 68.4 Å². The van der Waals surface area contributed by atoms with Crippen LogP contribution >= 0.6 is 0 Å². The van der Waals surface area contributed by atoms with E-state index in [1.807, 2.05) is 24.4 Å². The highest BCUT2D eigenvalue weighted by molar-refractivity contribution is 6.09. The van der Waals surface area contributed by atoms with Crippen LogP contribution in [0.1, 0.15) is 58.6 Å². The number of rotatable bonds is 7. The van der Waals surface area contributed by atoms with Crippen LogP contribution in [-0.4, -0.2) is 27.2 Å². The zero-order valence-corrected chi connectivity index (χ0v) is 31.1. The fourth-order valence-corrected chi connectivity index (χ4v) is 8.36. The van der Waals surface area contributed by atoms with E-state index in [4.69, 9.17) is 15.0 Å². The first-order valence-electron chi connectivity index (χ1n) is 19.7. The second kappa shape index (κ2) is 14.8. The standard InChI is InChI=1S/C52H40N4/c1-3-15-44-35(11-1)13-9-17-46(44)41-31-42(47-18-10-14-36-12-2-4-16-45(36)47)33-43(32-41)52-55-50(39-25-21-37(22-26-39)48-19-5-7-29-53-48)34-51(56-52)40-27-23-38(24-28-40)49-20-6-8-30-54-49/h1-3,5-7,9-15,18-29,31-34,46H,4,8,16-17,30H2. The highest BCUT2D eigenvalue weighted by Crippen LogP contribution is 2.41. The third kappa shape index (κ3) is 6.64. The van der Waals surface area contributed by atoms with Crippen molar-refractivity contribution in [1.29, 1.82) is 0 Å². The summed E-state index contributed by atoms with van der Waals surface area (Å²) in [4.78, 5) is 20.1. The number of allylic oxidation sites excluding steroid dienone is 3. The van der Waals surface area contributed by atoms with Gasteiger partial charge in [-0.25, -0.2) is 9.97 Å². The van der Waals surface area contributed by atoms with Gasteiger partial charge in [0.2, 0.25) is 0 Å². The maximum absolute atomic E-state index is 5.37. The Morgan fingerprint density at radius 1 is 0.500 bits per heavy atom. The van der Waals surface area contributed by atoms with Gasteiger partial charge in [0, 0.05) is 40.9 Å². The molecule has 2 aliphatic carbocycles. The van der Waals surface area contributed by atoms with Crippen LogP contribution < -0.4 is 0 Å². The molecule has 5 aromatic carbocycles. The minimum Gasteiger partial charge on any atom is -0.284 e. The predicted molar refractivity (Wildman–Crippen MR) is 231 cm³/mol. The summed E-state index contributed by atoms with van der Waals surface area (Å²) < 4.78 is 0. The fourth-order valence-electron chi connectivity index (χ4n) is 8.36. The maximum atomic E-state index is 5.37. The van der Waals surface area contributed by atoms with E-state index in [2.05, 4.69) is 157 Å². The summed E-state index contributed by atoms with van der Waals surface area (Å²) in [5.41, 5.74) is 18.1. The highest BCUT2D eigenvalue weighted by Gasteiger charge is 2.22. The van der Waals surface area contributed by atoms with Gasteiger partial charge in [0.1, 0.15) is 0 Å². The van der Waals surface area contributed by atoms with Crippen molar-refractivity contribution in [1.82, 2.24) is 15.0 Å². The molecule has 0 saturated heterocycles. The number of benzene rings is 5. The Morgan fingerprint density at radius 3 is 1.96 bits per heavy atom. The van der Waals surface area contributed by atoms with E-state index < -0.39 is 0 Å². The fraction of sp³-hybridized carbons (Fsp3) is 0.115. The molecule has 4 nitrogen and oxygen atoms in total. The minimum absolute atomic E-state index is 0.223. The molecule has 0 radical (unpaired) electrons. The van der Waals surface area contributed by atoms with Gasteiger partial charge in [-0.1, -0.05) is 134 Å². The first-order valence-corrected chi connectivity index (χ1v) is 19.7. The van der Waals surface area contributed by atoms with Gasteiger partial charge in [0.05, 0.1) is 22.8 Å². The van der Waals surface area contributed by atoms with Crippen LogP contribution in [0.4, 0.5) is 0 Å². The summed E-state index contributed by atoms with van der Waals surface area (Å²) in [6, 6.07) is 47.9. The molecule has 1 atom stereocenters. The molecule has 0 spiro atoms. The van der Waals surface area contributed by atoms with Crippen molar-refractivity contribution < 1.29 is 0 Å². The number of hydrogen-bond acceptors (Lipinski definition) is 4. The van der Waals surface area contributed by atoms with Crippen LogP contribution in [0.5, 0.6) is 0 Å². The number of hydrogen-bond donors (Lipinski definition) is 0.